The molecule has 0 aliphatic carbocycles. The molecule has 4 rings (SSSR count). The van der Waals surface area contributed by atoms with Gasteiger partial charge in [-0.2, -0.15) is 0 Å². The second kappa shape index (κ2) is 18.6. The van der Waals surface area contributed by atoms with Gasteiger partial charge in [-0.3, -0.25) is 0 Å². The lowest BCUT2D eigenvalue weighted by Crippen LogP contribution is -2.35. The topological polar surface area (TPSA) is 13.0 Å². The van der Waals surface area contributed by atoms with E-state index in [-0.39, 0.29) is 0 Å². The number of likely N-dealkylation sites (tertiary alicyclic amines) is 2. The molecule has 0 N–H and O–H groups in total. The van der Waals surface area contributed by atoms with Crippen LogP contribution in [0.3, 0.4) is 0 Å². The molecule has 0 saturated carbocycles. The number of hydrogen-bond acceptors (Lipinski definition) is 4. The second-order valence-electron chi connectivity index (χ2n) is 13.8. The first-order valence-electron chi connectivity index (χ1n) is 15.8. The van der Waals surface area contributed by atoms with Crippen molar-refractivity contribution in [2.75, 3.05) is 80.5 Å². The van der Waals surface area contributed by atoms with E-state index >= 15 is 0 Å². The Hall–Kier alpha value is -0.680. The molecule has 0 bridgehead atoms. The van der Waals surface area contributed by atoms with Gasteiger partial charge in [-0.05, 0) is 138 Å². The Morgan fingerprint density at radius 2 is 0.763 bits per heavy atom. The fourth-order valence-corrected chi connectivity index (χ4v) is 5.45. The van der Waals surface area contributed by atoms with Crippen LogP contribution in [-0.4, -0.2) is 100 Å². The van der Waals surface area contributed by atoms with E-state index in [1.165, 1.54) is 90.9 Å². The number of likely N-dealkylation sites (N-methyl/N-ethyl adjacent to an activating group) is 1. The standard InChI is InChI=1S/C9H19N.C9H17N.C8H17N.C8H15N/c2*1-8-4-6-10(3)7-5-9(8)2;2*1-7-4-5-9(3)6-8(7)2/h8-9H,4-7H2,1-3H3;4-7H2,1-3H3;7-8H,4-6H2,1-3H3;4-6H2,1-3H3. The molecule has 4 aliphatic heterocycles. The highest BCUT2D eigenvalue weighted by Gasteiger charge is 2.19. The Labute approximate surface area is 239 Å². The van der Waals surface area contributed by atoms with Crippen LogP contribution in [0.1, 0.15) is 93.9 Å². The molecule has 4 unspecified atom stereocenters. The molecule has 0 spiro atoms. The van der Waals surface area contributed by atoms with E-state index in [1.807, 2.05) is 0 Å². The fraction of sp³-hybridized carbons (Fsp3) is 0.882. The zero-order valence-electron chi connectivity index (χ0n) is 28.0. The van der Waals surface area contributed by atoms with Gasteiger partial charge in [0.15, 0.2) is 0 Å². The number of nitrogens with zero attached hydrogens (tertiary/aromatic N) is 4. The van der Waals surface area contributed by atoms with Crippen molar-refractivity contribution >= 4 is 0 Å². The van der Waals surface area contributed by atoms with E-state index in [1.54, 1.807) is 22.3 Å². The number of piperidine rings is 1. The minimum Gasteiger partial charge on any atom is -0.306 e. The summed E-state index contributed by atoms with van der Waals surface area (Å²) in [6.07, 6.45) is 7.96. The van der Waals surface area contributed by atoms with Crippen LogP contribution in [0.5, 0.6) is 0 Å². The van der Waals surface area contributed by atoms with Crippen LogP contribution in [0.25, 0.3) is 0 Å². The molecule has 2 fully saturated rings. The van der Waals surface area contributed by atoms with Gasteiger partial charge in [-0.25, -0.2) is 0 Å². The van der Waals surface area contributed by atoms with E-state index in [9.17, 15) is 0 Å². The largest absolute Gasteiger partial charge is 0.306 e. The molecule has 2 saturated heterocycles. The monoisotopic (exact) mass is 533 g/mol. The summed E-state index contributed by atoms with van der Waals surface area (Å²) in [4.78, 5) is 9.63. The van der Waals surface area contributed by atoms with Gasteiger partial charge in [-0.15, -0.1) is 0 Å². The van der Waals surface area contributed by atoms with E-state index < -0.39 is 0 Å². The summed E-state index contributed by atoms with van der Waals surface area (Å²) in [5, 5.41) is 0. The van der Waals surface area contributed by atoms with Crippen molar-refractivity contribution < 1.29 is 0 Å². The van der Waals surface area contributed by atoms with Crippen molar-refractivity contribution in [1.82, 2.24) is 19.6 Å². The first kappa shape index (κ1) is 35.3. The van der Waals surface area contributed by atoms with Crippen LogP contribution in [0.4, 0.5) is 0 Å². The summed E-state index contributed by atoms with van der Waals surface area (Å²) in [5.74, 6) is 3.72. The van der Waals surface area contributed by atoms with Gasteiger partial charge in [0.1, 0.15) is 0 Å². The predicted molar refractivity (Wildman–Crippen MR) is 171 cm³/mol. The predicted octanol–water partition coefficient (Wildman–Crippen LogP) is 7.29. The van der Waals surface area contributed by atoms with Crippen LogP contribution < -0.4 is 0 Å². The lowest BCUT2D eigenvalue weighted by Gasteiger charge is -2.32. The average molecular weight is 533 g/mol. The number of hydrogen-bond donors (Lipinski definition) is 0. The van der Waals surface area contributed by atoms with E-state index in [0.717, 1.165) is 23.7 Å². The lowest BCUT2D eigenvalue weighted by molar-refractivity contribution is 0.166. The van der Waals surface area contributed by atoms with Gasteiger partial charge >= 0.3 is 0 Å². The molecule has 0 amide bonds. The van der Waals surface area contributed by atoms with Crippen molar-refractivity contribution in [3.05, 3.63) is 22.3 Å². The average Bonchev–Trinajstić information content (AvgIpc) is 3.11. The highest BCUT2D eigenvalue weighted by molar-refractivity contribution is 5.14. The molecule has 4 atom stereocenters. The molecule has 0 radical (unpaired) electrons. The van der Waals surface area contributed by atoms with Gasteiger partial charge in [0, 0.05) is 32.7 Å². The van der Waals surface area contributed by atoms with Crippen molar-refractivity contribution in [1.29, 1.82) is 0 Å². The number of rotatable bonds is 0. The van der Waals surface area contributed by atoms with Crippen molar-refractivity contribution in [2.24, 2.45) is 23.7 Å². The molecular formula is C34H68N4. The summed E-state index contributed by atoms with van der Waals surface area (Å²) in [6, 6.07) is 0. The molecule has 4 nitrogen and oxygen atoms in total. The fourth-order valence-electron chi connectivity index (χ4n) is 5.45. The molecule has 0 aromatic carbocycles. The third-order valence-electron chi connectivity index (χ3n) is 10.0. The minimum absolute atomic E-state index is 0.906. The van der Waals surface area contributed by atoms with Gasteiger partial charge in [-0.1, -0.05) is 50.0 Å². The summed E-state index contributed by atoms with van der Waals surface area (Å²) < 4.78 is 0. The molecule has 0 aromatic heterocycles. The van der Waals surface area contributed by atoms with Gasteiger partial charge in [0.2, 0.25) is 0 Å². The summed E-state index contributed by atoms with van der Waals surface area (Å²) >= 11 is 0. The SMILES string of the molecule is CC1=C(C)CCN(C)CC1.CC1=C(C)CN(C)CC1.CC1CCN(C)CC1C.CC1CCN(C)CCC1C. The molecule has 4 heteroatoms. The molecule has 0 aromatic rings. The summed E-state index contributed by atoms with van der Waals surface area (Å²) in [5.41, 5.74) is 6.35. The first-order chi connectivity index (χ1) is 17.8. The van der Waals surface area contributed by atoms with E-state index in [0.29, 0.717) is 0 Å². The highest BCUT2D eigenvalue weighted by atomic mass is 15.1. The van der Waals surface area contributed by atoms with Crippen LogP contribution in [-0.2, 0) is 0 Å². The highest BCUT2D eigenvalue weighted by Crippen LogP contribution is 2.22. The maximum atomic E-state index is 2.44. The third kappa shape index (κ3) is 14.6. The van der Waals surface area contributed by atoms with Crippen LogP contribution in [0.2, 0.25) is 0 Å². The molecule has 4 aliphatic rings. The van der Waals surface area contributed by atoms with Gasteiger partial charge in [0.25, 0.3) is 0 Å². The zero-order valence-corrected chi connectivity index (χ0v) is 28.0. The quantitative estimate of drug-likeness (QED) is 0.304. The van der Waals surface area contributed by atoms with Crippen molar-refractivity contribution in [3.63, 3.8) is 0 Å². The Morgan fingerprint density at radius 1 is 0.421 bits per heavy atom. The smallest absolute Gasteiger partial charge is 0.0189 e. The summed E-state index contributed by atoms with van der Waals surface area (Å²) in [7, 11) is 8.81. The summed E-state index contributed by atoms with van der Waals surface area (Å²) in [6.45, 7) is 28.5. The van der Waals surface area contributed by atoms with Crippen LogP contribution in [0.15, 0.2) is 22.3 Å². The molecular weight excluding hydrogens is 464 g/mol. The maximum Gasteiger partial charge on any atom is 0.0189 e. The van der Waals surface area contributed by atoms with Gasteiger partial charge < -0.3 is 19.6 Å². The molecule has 4 heterocycles. The first-order valence-corrected chi connectivity index (χ1v) is 15.8. The van der Waals surface area contributed by atoms with Crippen molar-refractivity contribution in [2.45, 2.75) is 93.9 Å². The van der Waals surface area contributed by atoms with E-state index in [4.69, 9.17) is 0 Å². The Bertz CT molecular complexity index is 683. The van der Waals surface area contributed by atoms with E-state index in [2.05, 4.69) is 103 Å². The van der Waals surface area contributed by atoms with Gasteiger partial charge in [0.05, 0.1) is 0 Å². The Balaban J connectivity index is 0.000000254. The third-order valence-corrected chi connectivity index (χ3v) is 10.0. The lowest BCUT2D eigenvalue weighted by atomic mass is 9.89. The second-order valence-corrected chi connectivity index (χ2v) is 13.8. The van der Waals surface area contributed by atoms with Crippen molar-refractivity contribution in [3.8, 4) is 0 Å². The molecule has 224 valence electrons. The Kier molecular flexibility index (Phi) is 17.3. The maximum absolute atomic E-state index is 2.44. The minimum atomic E-state index is 0.906. The normalized spacial score (nSPS) is 30.6. The van der Waals surface area contributed by atoms with Crippen LogP contribution in [0, 0.1) is 23.7 Å². The van der Waals surface area contributed by atoms with Crippen LogP contribution >= 0.6 is 0 Å². The molecule has 38 heavy (non-hydrogen) atoms. The Morgan fingerprint density at radius 3 is 1.16 bits per heavy atom. The zero-order chi connectivity index (χ0) is 28.8.